The Hall–Kier alpha value is -1.05. The number of fused-ring (bicyclic) bond motifs is 1. The zero-order chi connectivity index (χ0) is 10.2. The summed E-state index contributed by atoms with van der Waals surface area (Å²) in [6.07, 6.45) is 8.77. The average molecular weight is 192 g/mol. The largest absolute Gasteiger partial charge is 0.501 e. The van der Waals surface area contributed by atoms with Crippen LogP contribution in [0.1, 0.15) is 26.2 Å². The highest BCUT2D eigenvalue weighted by Gasteiger charge is 2.43. The molecule has 14 heavy (non-hydrogen) atoms. The van der Waals surface area contributed by atoms with Crippen LogP contribution < -0.4 is 0 Å². The van der Waals surface area contributed by atoms with Gasteiger partial charge in [-0.15, -0.1) is 0 Å². The lowest BCUT2D eigenvalue weighted by molar-refractivity contribution is -0.127. The van der Waals surface area contributed by atoms with E-state index in [0.29, 0.717) is 5.92 Å². The van der Waals surface area contributed by atoms with Gasteiger partial charge in [-0.05, 0) is 18.8 Å². The minimum Gasteiger partial charge on any atom is -0.501 e. The number of allylic oxidation sites excluding steroid dienone is 4. The van der Waals surface area contributed by atoms with Gasteiger partial charge in [-0.25, -0.2) is 0 Å². The number of methoxy groups -OCH3 is 1. The molecule has 0 saturated carbocycles. The second-order valence-electron chi connectivity index (χ2n) is 4.41. The summed E-state index contributed by atoms with van der Waals surface area (Å²) in [5.74, 6) is 1.50. The van der Waals surface area contributed by atoms with Crippen LogP contribution in [0.15, 0.2) is 24.0 Å². The number of ether oxygens (including phenoxy) is 1. The van der Waals surface area contributed by atoms with E-state index in [9.17, 15) is 4.79 Å². The predicted octanol–water partition coefficient (Wildman–Crippen LogP) is 2.46. The lowest BCUT2D eigenvalue weighted by Gasteiger charge is -2.40. The third kappa shape index (κ3) is 1.29. The highest BCUT2D eigenvalue weighted by atomic mass is 16.5. The smallest absolute Gasteiger partial charge is 0.165 e. The summed E-state index contributed by atoms with van der Waals surface area (Å²) >= 11 is 0. The summed E-state index contributed by atoms with van der Waals surface area (Å²) in [4.78, 5) is 11.9. The lowest BCUT2D eigenvalue weighted by atomic mass is 9.63. The lowest BCUT2D eigenvalue weighted by Crippen LogP contribution is -2.39. The van der Waals surface area contributed by atoms with E-state index >= 15 is 0 Å². The van der Waals surface area contributed by atoms with Crippen LogP contribution >= 0.6 is 0 Å². The van der Waals surface area contributed by atoms with E-state index in [1.54, 1.807) is 13.2 Å². The Kier molecular flexibility index (Phi) is 2.22. The van der Waals surface area contributed by atoms with Gasteiger partial charge in [-0.3, -0.25) is 4.79 Å². The van der Waals surface area contributed by atoms with Crippen LogP contribution in [0.25, 0.3) is 0 Å². The summed E-state index contributed by atoms with van der Waals surface area (Å²) < 4.78 is 5.17. The minimum atomic E-state index is -0.170. The Morgan fingerprint density at radius 2 is 2.29 bits per heavy atom. The van der Waals surface area contributed by atoms with Crippen molar-refractivity contribution in [3.63, 3.8) is 0 Å². The van der Waals surface area contributed by atoms with Crippen molar-refractivity contribution in [3.05, 3.63) is 24.0 Å². The summed E-state index contributed by atoms with van der Waals surface area (Å²) in [5, 5.41) is 0. The van der Waals surface area contributed by atoms with Crippen molar-refractivity contribution in [3.8, 4) is 0 Å². The van der Waals surface area contributed by atoms with Crippen molar-refractivity contribution < 1.29 is 9.53 Å². The van der Waals surface area contributed by atoms with Gasteiger partial charge in [-0.1, -0.05) is 19.1 Å². The van der Waals surface area contributed by atoms with E-state index in [0.717, 1.165) is 25.0 Å². The highest BCUT2D eigenvalue weighted by Crippen LogP contribution is 2.45. The van der Waals surface area contributed by atoms with E-state index in [4.69, 9.17) is 4.74 Å². The molecule has 0 fully saturated rings. The van der Waals surface area contributed by atoms with E-state index < -0.39 is 0 Å². The molecule has 0 aromatic carbocycles. The fraction of sp³-hybridized carbons (Fsp3) is 0.583. The van der Waals surface area contributed by atoms with Gasteiger partial charge >= 0.3 is 0 Å². The summed E-state index contributed by atoms with van der Waals surface area (Å²) in [6, 6.07) is 0. The molecule has 0 spiro atoms. The first kappa shape index (κ1) is 9.50. The van der Waals surface area contributed by atoms with Crippen LogP contribution in [0.2, 0.25) is 0 Å². The van der Waals surface area contributed by atoms with Crippen molar-refractivity contribution in [2.24, 2.45) is 11.3 Å². The van der Waals surface area contributed by atoms with Gasteiger partial charge in [0.2, 0.25) is 0 Å². The average Bonchev–Trinajstić information content (AvgIpc) is 2.19. The molecular formula is C12H16O2. The van der Waals surface area contributed by atoms with Crippen LogP contribution in [0, 0.1) is 11.3 Å². The molecule has 2 aliphatic rings. The Balaban J connectivity index is 2.32. The predicted molar refractivity (Wildman–Crippen MR) is 54.7 cm³/mol. The zero-order valence-corrected chi connectivity index (χ0v) is 8.75. The maximum Gasteiger partial charge on any atom is 0.165 e. The quantitative estimate of drug-likeness (QED) is 0.596. The molecule has 0 aromatic rings. The van der Waals surface area contributed by atoms with Crippen molar-refractivity contribution in [1.82, 2.24) is 0 Å². The van der Waals surface area contributed by atoms with Gasteiger partial charge in [0.15, 0.2) is 5.78 Å². The molecule has 0 bridgehead atoms. The zero-order valence-electron chi connectivity index (χ0n) is 8.75. The molecule has 2 aliphatic carbocycles. The van der Waals surface area contributed by atoms with E-state index in [1.807, 2.05) is 0 Å². The van der Waals surface area contributed by atoms with Gasteiger partial charge < -0.3 is 4.74 Å². The fourth-order valence-corrected chi connectivity index (χ4v) is 2.38. The Labute approximate surface area is 84.6 Å². The number of carbonyl (C=O) groups excluding carboxylic acids is 1. The van der Waals surface area contributed by atoms with Gasteiger partial charge in [0.1, 0.15) is 0 Å². The molecule has 76 valence electrons. The second kappa shape index (κ2) is 3.26. The highest BCUT2D eigenvalue weighted by molar-refractivity contribution is 5.96. The number of rotatable bonds is 1. The number of carbonyl (C=O) groups is 1. The van der Waals surface area contributed by atoms with Gasteiger partial charge in [0.25, 0.3) is 0 Å². The first-order valence-corrected chi connectivity index (χ1v) is 5.11. The van der Waals surface area contributed by atoms with Gasteiger partial charge in [0, 0.05) is 17.9 Å². The molecule has 2 nitrogen and oxygen atoms in total. The second-order valence-corrected chi connectivity index (χ2v) is 4.41. The first-order valence-electron chi connectivity index (χ1n) is 5.11. The number of hydrogen-bond donors (Lipinski definition) is 0. The van der Waals surface area contributed by atoms with Gasteiger partial charge in [0.05, 0.1) is 12.9 Å². The van der Waals surface area contributed by atoms with Gasteiger partial charge in [-0.2, -0.15) is 0 Å². The molecule has 0 aromatic heterocycles. The third-order valence-corrected chi connectivity index (χ3v) is 3.59. The Morgan fingerprint density at radius 3 is 3.00 bits per heavy atom. The fourth-order valence-electron chi connectivity index (χ4n) is 2.38. The summed E-state index contributed by atoms with van der Waals surface area (Å²) in [5.41, 5.74) is -0.170. The molecule has 0 unspecified atom stereocenters. The molecule has 0 amide bonds. The minimum absolute atomic E-state index is 0.170. The first-order chi connectivity index (χ1) is 6.66. The van der Waals surface area contributed by atoms with Crippen molar-refractivity contribution in [2.75, 3.05) is 7.11 Å². The molecule has 0 heterocycles. The van der Waals surface area contributed by atoms with Crippen molar-refractivity contribution in [1.29, 1.82) is 0 Å². The van der Waals surface area contributed by atoms with Crippen LogP contribution in [-0.2, 0) is 9.53 Å². The topological polar surface area (TPSA) is 26.3 Å². The third-order valence-electron chi connectivity index (χ3n) is 3.59. The van der Waals surface area contributed by atoms with E-state index in [-0.39, 0.29) is 11.2 Å². The van der Waals surface area contributed by atoms with Crippen LogP contribution in [-0.4, -0.2) is 12.9 Å². The normalized spacial score (nSPS) is 36.3. The molecule has 0 saturated heterocycles. The Bertz CT molecular complexity index is 314. The summed E-state index contributed by atoms with van der Waals surface area (Å²) in [6.45, 7) is 2.08. The molecule has 2 rings (SSSR count). The Morgan fingerprint density at radius 1 is 1.50 bits per heavy atom. The molecule has 0 radical (unpaired) electrons. The maximum absolute atomic E-state index is 11.9. The molecule has 0 aliphatic heterocycles. The van der Waals surface area contributed by atoms with Crippen LogP contribution in [0.5, 0.6) is 0 Å². The van der Waals surface area contributed by atoms with Crippen LogP contribution in [0.4, 0.5) is 0 Å². The molecular weight excluding hydrogens is 176 g/mol. The SMILES string of the molecule is COC1=CC(=O)[C@@]2(C)CC=CC[C@@H]2C1. The van der Waals surface area contributed by atoms with E-state index in [2.05, 4.69) is 19.1 Å². The monoisotopic (exact) mass is 192 g/mol. The standard InChI is InChI=1S/C12H16O2/c1-12-6-4-3-5-9(12)7-10(14-2)8-11(12)13/h3-4,8-9H,5-7H2,1-2H3/t9-,12+/m1/s1. The summed E-state index contributed by atoms with van der Waals surface area (Å²) in [7, 11) is 1.64. The molecule has 2 atom stereocenters. The molecule has 2 heteroatoms. The number of ketones is 1. The van der Waals surface area contributed by atoms with Crippen LogP contribution in [0.3, 0.4) is 0 Å². The number of hydrogen-bond acceptors (Lipinski definition) is 2. The van der Waals surface area contributed by atoms with Crippen molar-refractivity contribution in [2.45, 2.75) is 26.2 Å². The molecule has 0 N–H and O–H groups in total. The van der Waals surface area contributed by atoms with Crippen molar-refractivity contribution >= 4 is 5.78 Å². The maximum atomic E-state index is 11.9. The van der Waals surface area contributed by atoms with E-state index in [1.165, 1.54) is 0 Å².